The highest BCUT2D eigenvalue weighted by atomic mass is 35.5. The standard InChI is InChI=1S/C14H17Cl2N5O/c1-8(2)21-13(7-18-14(17)22)19-12(20-21)6-9-10(15)4-3-5-11(9)16/h3-5,8H,6-7H2,1-2H3,(H3,17,18,22). The number of carbonyl (C=O) groups is 1. The molecule has 8 heteroatoms. The molecule has 0 fully saturated rings. The molecule has 1 aromatic carbocycles. The fourth-order valence-corrected chi connectivity index (χ4v) is 2.57. The van der Waals surface area contributed by atoms with Crippen molar-refractivity contribution < 1.29 is 4.79 Å². The molecule has 6 nitrogen and oxygen atoms in total. The first kappa shape index (κ1) is 16.6. The van der Waals surface area contributed by atoms with Gasteiger partial charge in [-0.05, 0) is 31.5 Å². The molecule has 0 aliphatic heterocycles. The van der Waals surface area contributed by atoms with E-state index in [2.05, 4.69) is 15.4 Å². The molecule has 0 spiro atoms. The first-order valence-electron chi connectivity index (χ1n) is 6.79. The summed E-state index contributed by atoms with van der Waals surface area (Å²) in [5.41, 5.74) is 5.87. The second-order valence-corrected chi connectivity index (χ2v) is 5.89. The molecule has 0 aliphatic rings. The number of rotatable bonds is 5. The van der Waals surface area contributed by atoms with Gasteiger partial charge in [-0.1, -0.05) is 29.3 Å². The normalized spacial score (nSPS) is 11.0. The summed E-state index contributed by atoms with van der Waals surface area (Å²) in [5.74, 6) is 1.22. The summed E-state index contributed by atoms with van der Waals surface area (Å²) in [6.07, 6.45) is 0.418. The number of primary amides is 1. The van der Waals surface area contributed by atoms with Gasteiger partial charge in [-0.15, -0.1) is 0 Å². The van der Waals surface area contributed by atoms with E-state index in [9.17, 15) is 4.79 Å². The highest BCUT2D eigenvalue weighted by Gasteiger charge is 2.15. The van der Waals surface area contributed by atoms with Gasteiger partial charge >= 0.3 is 6.03 Å². The van der Waals surface area contributed by atoms with E-state index in [1.54, 1.807) is 22.9 Å². The number of urea groups is 1. The van der Waals surface area contributed by atoms with Crippen LogP contribution < -0.4 is 11.1 Å². The molecule has 1 heterocycles. The zero-order valence-corrected chi connectivity index (χ0v) is 13.8. The van der Waals surface area contributed by atoms with Crippen molar-refractivity contribution in [2.45, 2.75) is 32.9 Å². The van der Waals surface area contributed by atoms with Crippen LogP contribution in [0.3, 0.4) is 0 Å². The zero-order valence-electron chi connectivity index (χ0n) is 12.3. The van der Waals surface area contributed by atoms with Gasteiger partial charge in [-0.2, -0.15) is 5.10 Å². The third-order valence-electron chi connectivity index (χ3n) is 3.05. The Hall–Kier alpha value is -1.79. The van der Waals surface area contributed by atoms with Crippen molar-refractivity contribution >= 4 is 29.2 Å². The van der Waals surface area contributed by atoms with Gasteiger partial charge in [-0.3, -0.25) is 0 Å². The summed E-state index contributed by atoms with van der Waals surface area (Å²) in [7, 11) is 0. The average Bonchev–Trinajstić information content (AvgIpc) is 2.84. The molecule has 22 heavy (non-hydrogen) atoms. The zero-order chi connectivity index (χ0) is 16.3. The van der Waals surface area contributed by atoms with Crippen LogP contribution in [0.25, 0.3) is 0 Å². The molecular weight excluding hydrogens is 325 g/mol. The average molecular weight is 342 g/mol. The summed E-state index contributed by atoms with van der Waals surface area (Å²) < 4.78 is 1.75. The number of amides is 2. The van der Waals surface area contributed by atoms with Gasteiger partial charge in [0.05, 0.1) is 6.54 Å². The predicted octanol–water partition coefficient (Wildman–Crippen LogP) is 2.92. The van der Waals surface area contributed by atoms with Crippen LogP contribution >= 0.6 is 23.2 Å². The highest BCUT2D eigenvalue weighted by Crippen LogP contribution is 2.26. The number of hydrogen-bond acceptors (Lipinski definition) is 3. The van der Waals surface area contributed by atoms with E-state index in [4.69, 9.17) is 28.9 Å². The molecule has 2 amide bonds. The fourth-order valence-electron chi connectivity index (χ4n) is 2.04. The van der Waals surface area contributed by atoms with Gasteiger partial charge in [0.2, 0.25) is 0 Å². The minimum absolute atomic E-state index is 0.104. The lowest BCUT2D eigenvalue weighted by atomic mass is 10.1. The van der Waals surface area contributed by atoms with E-state index in [0.29, 0.717) is 28.1 Å². The van der Waals surface area contributed by atoms with Gasteiger partial charge in [0.25, 0.3) is 0 Å². The number of hydrogen-bond donors (Lipinski definition) is 2. The summed E-state index contributed by atoms with van der Waals surface area (Å²) in [6.45, 7) is 4.18. The second-order valence-electron chi connectivity index (χ2n) is 5.08. The molecule has 0 saturated heterocycles. The Morgan fingerprint density at radius 1 is 1.36 bits per heavy atom. The molecule has 0 atom stereocenters. The summed E-state index contributed by atoms with van der Waals surface area (Å²) >= 11 is 12.3. The molecule has 3 N–H and O–H groups in total. The third kappa shape index (κ3) is 3.90. The Morgan fingerprint density at radius 2 is 2.00 bits per heavy atom. The van der Waals surface area contributed by atoms with Crippen LogP contribution in [0.1, 0.15) is 37.1 Å². The van der Waals surface area contributed by atoms with E-state index < -0.39 is 6.03 Å². The number of aromatic nitrogens is 3. The minimum Gasteiger partial charge on any atom is -0.352 e. The Morgan fingerprint density at radius 3 is 2.55 bits per heavy atom. The van der Waals surface area contributed by atoms with Crippen LogP contribution in [0.15, 0.2) is 18.2 Å². The first-order chi connectivity index (χ1) is 10.4. The first-order valence-corrected chi connectivity index (χ1v) is 7.54. The lowest BCUT2D eigenvalue weighted by Gasteiger charge is -2.08. The van der Waals surface area contributed by atoms with Crippen LogP contribution in [-0.2, 0) is 13.0 Å². The molecule has 0 aliphatic carbocycles. The van der Waals surface area contributed by atoms with E-state index in [-0.39, 0.29) is 12.6 Å². The van der Waals surface area contributed by atoms with Crippen molar-refractivity contribution in [3.05, 3.63) is 45.5 Å². The maximum atomic E-state index is 10.9. The molecule has 2 rings (SSSR count). The number of benzene rings is 1. The van der Waals surface area contributed by atoms with Crippen LogP contribution in [0.5, 0.6) is 0 Å². The fraction of sp³-hybridized carbons (Fsp3) is 0.357. The highest BCUT2D eigenvalue weighted by molar-refractivity contribution is 6.36. The van der Waals surface area contributed by atoms with Crippen molar-refractivity contribution in [3.8, 4) is 0 Å². The maximum absolute atomic E-state index is 10.9. The lowest BCUT2D eigenvalue weighted by Crippen LogP contribution is -2.30. The van der Waals surface area contributed by atoms with Gasteiger partial charge in [0, 0.05) is 22.5 Å². The van der Waals surface area contributed by atoms with E-state index in [1.807, 2.05) is 13.8 Å². The van der Waals surface area contributed by atoms with E-state index in [0.717, 1.165) is 5.56 Å². The molecule has 2 aromatic rings. The lowest BCUT2D eigenvalue weighted by molar-refractivity contribution is 0.248. The summed E-state index contributed by atoms with van der Waals surface area (Å²) in [4.78, 5) is 15.3. The number of carbonyl (C=O) groups excluding carboxylic acids is 1. The molecule has 1 aromatic heterocycles. The van der Waals surface area contributed by atoms with E-state index >= 15 is 0 Å². The van der Waals surface area contributed by atoms with Crippen LogP contribution in [-0.4, -0.2) is 20.8 Å². The van der Waals surface area contributed by atoms with Crippen molar-refractivity contribution in [2.24, 2.45) is 5.73 Å². The monoisotopic (exact) mass is 341 g/mol. The molecule has 118 valence electrons. The second kappa shape index (κ2) is 6.98. The number of nitrogens with one attached hydrogen (secondary N) is 1. The van der Waals surface area contributed by atoms with Crippen LogP contribution in [0.2, 0.25) is 10.0 Å². The molecule has 0 unspecified atom stereocenters. The largest absolute Gasteiger partial charge is 0.352 e. The SMILES string of the molecule is CC(C)n1nc(Cc2c(Cl)cccc2Cl)nc1CNC(N)=O. The molecule has 0 radical (unpaired) electrons. The van der Waals surface area contributed by atoms with Crippen molar-refractivity contribution in [1.82, 2.24) is 20.1 Å². The predicted molar refractivity (Wildman–Crippen MR) is 86.1 cm³/mol. The number of nitrogens with two attached hydrogens (primary N) is 1. The van der Waals surface area contributed by atoms with Crippen molar-refractivity contribution in [3.63, 3.8) is 0 Å². The summed E-state index contributed by atoms with van der Waals surface area (Å²) in [5, 5.41) is 8.13. The van der Waals surface area contributed by atoms with Crippen LogP contribution in [0, 0.1) is 0 Å². The Kier molecular flexibility index (Phi) is 5.26. The van der Waals surface area contributed by atoms with Gasteiger partial charge in [-0.25, -0.2) is 14.5 Å². The minimum atomic E-state index is -0.603. The molecular formula is C14H17Cl2N5O. The molecule has 0 saturated carbocycles. The third-order valence-corrected chi connectivity index (χ3v) is 3.76. The van der Waals surface area contributed by atoms with Crippen molar-refractivity contribution in [1.29, 1.82) is 0 Å². The maximum Gasteiger partial charge on any atom is 0.312 e. The number of halogens is 2. The van der Waals surface area contributed by atoms with Gasteiger partial charge < -0.3 is 11.1 Å². The smallest absolute Gasteiger partial charge is 0.312 e. The Labute approximate surface area is 138 Å². The van der Waals surface area contributed by atoms with Gasteiger partial charge in [0.1, 0.15) is 5.82 Å². The number of nitrogens with zero attached hydrogens (tertiary/aromatic N) is 3. The van der Waals surface area contributed by atoms with E-state index in [1.165, 1.54) is 0 Å². The van der Waals surface area contributed by atoms with Gasteiger partial charge in [0.15, 0.2) is 5.82 Å². The summed E-state index contributed by atoms with van der Waals surface area (Å²) in [6, 6.07) is 4.84. The molecule has 0 bridgehead atoms. The van der Waals surface area contributed by atoms with Crippen LogP contribution in [0.4, 0.5) is 4.79 Å². The van der Waals surface area contributed by atoms with Crippen molar-refractivity contribution in [2.75, 3.05) is 0 Å². The topological polar surface area (TPSA) is 85.8 Å². The Balaban J connectivity index is 2.28. The Bertz CT molecular complexity index is 664. The quantitative estimate of drug-likeness (QED) is 0.876.